The predicted octanol–water partition coefficient (Wildman–Crippen LogP) is 1.86. The van der Waals surface area contributed by atoms with E-state index in [0.717, 1.165) is 41.2 Å². The summed E-state index contributed by atoms with van der Waals surface area (Å²) in [4.78, 5) is 15.4. The van der Waals surface area contributed by atoms with Crippen LogP contribution in [0.4, 0.5) is 5.69 Å². The SMILES string of the molecule is CC1Cc2cc3c(cc2C(c2ccc(N)cc2)=NN1C(=O)CN1CCOCC1)OCO3. The molecule has 5 rings (SSSR count). The molecule has 0 radical (unpaired) electrons. The number of fused-ring (bicyclic) bond motifs is 2. The van der Waals surface area contributed by atoms with Crippen molar-refractivity contribution >= 4 is 17.3 Å². The molecule has 0 saturated carbocycles. The van der Waals surface area contributed by atoms with Crippen LogP contribution in [0.3, 0.4) is 0 Å². The van der Waals surface area contributed by atoms with Gasteiger partial charge in [0, 0.05) is 29.9 Å². The second kappa shape index (κ2) is 8.20. The van der Waals surface area contributed by atoms with Crippen molar-refractivity contribution < 1.29 is 19.0 Å². The van der Waals surface area contributed by atoms with E-state index in [1.54, 1.807) is 5.01 Å². The number of hydrogen-bond acceptors (Lipinski definition) is 7. The molecule has 3 aliphatic rings. The lowest BCUT2D eigenvalue weighted by Crippen LogP contribution is -2.46. The number of nitrogens with two attached hydrogens (primary N) is 1. The third-order valence-electron chi connectivity index (χ3n) is 5.90. The Bertz CT molecular complexity index is 1010. The summed E-state index contributed by atoms with van der Waals surface area (Å²) in [6.07, 6.45) is 0.669. The molecule has 0 aliphatic carbocycles. The van der Waals surface area contributed by atoms with Crippen LogP contribution in [0.2, 0.25) is 0 Å². The van der Waals surface area contributed by atoms with Gasteiger partial charge in [-0.2, -0.15) is 5.10 Å². The Morgan fingerprint density at radius 2 is 1.84 bits per heavy atom. The number of rotatable bonds is 3. The van der Waals surface area contributed by atoms with Crippen molar-refractivity contribution in [1.82, 2.24) is 9.91 Å². The summed E-state index contributed by atoms with van der Waals surface area (Å²) >= 11 is 0. The van der Waals surface area contributed by atoms with Gasteiger partial charge in [-0.25, -0.2) is 5.01 Å². The monoisotopic (exact) mass is 422 g/mol. The second-order valence-corrected chi connectivity index (χ2v) is 8.11. The molecule has 2 N–H and O–H groups in total. The van der Waals surface area contributed by atoms with Crippen LogP contribution in [0.1, 0.15) is 23.6 Å². The summed E-state index contributed by atoms with van der Waals surface area (Å²) in [7, 11) is 0. The van der Waals surface area contributed by atoms with Gasteiger partial charge in [-0.05, 0) is 43.2 Å². The molecular weight excluding hydrogens is 396 g/mol. The maximum Gasteiger partial charge on any atom is 0.257 e. The molecule has 3 heterocycles. The molecule has 3 aliphatic heterocycles. The lowest BCUT2D eigenvalue weighted by atomic mass is 9.94. The molecule has 1 saturated heterocycles. The van der Waals surface area contributed by atoms with E-state index in [1.165, 1.54) is 0 Å². The van der Waals surface area contributed by atoms with Crippen molar-refractivity contribution in [3.8, 4) is 11.5 Å². The molecule has 2 aromatic rings. The van der Waals surface area contributed by atoms with Crippen LogP contribution in [0.15, 0.2) is 41.5 Å². The number of anilines is 1. The fourth-order valence-corrected chi connectivity index (χ4v) is 4.22. The number of amides is 1. The fourth-order valence-electron chi connectivity index (χ4n) is 4.22. The third kappa shape index (κ3) is 3.96. The summed E-state index contributed by atoms with van der Waals surface area (Å²) in [6.45, 7) is 5.38. The average Bonchev–Trinajstić information content (AvgIpc) is 3.17. The lowest BCUT2D eigenvalue weighted by Gasteiger charge is -2.29. The predicted molar refractivity (Wildman–Crippen MR) is 116 cm³/mol. The van der Waals surface area contributed by atoms with Crippen molar-refractivity contribution in [2.45, 2.75) is 19.4 Å². The Hall–Kier alpha value is -3.10. The average molecular weight is 422 g/mol. The highest BCUT2D eigenvalue weighted by molar-refractivity contribution is 6.14. The van der Waals surface area contributed by atoms with E-state index >= 15 is 0 Å². The maximum absolute atomic E-state index is 13.3. The van der Waals surface area contributed by atoms with Gasteiger partial charge in [-0.15, -0.1) is 0 Å². The van der Waals surface area contributed by atoms with Crippen molar-refractivity contribution in [2.75, 3.05) is 45.4 Å². The van der Waals surface area contributed by atoms with Crippen molar-refractivity contribution in [2.24, 2.45) is 5.10 Å². The standard InChI is InChI=1S/C23H26N4O4/c1-15-10-17-11-20-21(31-14-30-20)12-19(17)23(16-2-4-18(24)5-3-16)25-27(15)22(28)13-26-6-8-29-9-7-26/h2-5,11-12,15H,6-10,13-14,24H2,1H3. The molecular formula is C23H26N4O4. The first-order chi connectivity index (χ1) is 15.1. The van der Waals surface area contributed by atoms with E-state index < -0.39 is 0 Å². The first kappa shape index (κ1) is 19.8. The van der Waals surface area contributed by atoms with E-state index in [9.17, 15) is 4.79 Å². The first-order valence-corrected chi connectivity index (χ1v) is 10.6. The van der Waals surface area contributed by atoms with Gasteiger partial charge in [0.1, 0.15) is 0 Å². The topological polar surface area (TPSA) is 89.6 Å². The quantitative estimate of drug-likeness (QED) is 0.760. The van der Waals surface area contributed by atoms with E-state index in [2.05, 4.69) is 4.90 Å². The number of nitrogen functional groups attached to an aromatic ring is 1. The summed E-state index contributed by atoms with van der Waals surface area (Å²) in [6, 6.07) is 11.4. The Morgan fingerprint density at radius 1 is 1.13 bits per heavy atom. The van der Waals surface area contributed by atoms with Gasteiger partial charge >= 0.3 is 0 Å². The summed E-state index contributed by atoms with van der Waals surface area (Å²) in [5.41, 5.74) is 10.2. The normalized spacial score (nSPS) is 20.7. The number of hydrazone groups is 1. The summed E-state index contributed by atoms with van der Waals surface area (Å²) in [5.74, 6) is 1.41. The molecule has 0 bridgehead atoms. The third-order valence-corrected chi connectivity index (χ3v) is 5.90. The Morgan fingerprint density at radius 3 is 2.58 bits per heavy atom. The number of carbonyl (C=O) groups excluding carboxylic acids is 1. The highest BCUT2D eigenvalue weighted by Gasteiger charge is 2.30. The minimum atomic E-state index is -0.0982. The van der Waals surface area contributed by atoms with Gasteiger partial charge in [-0.1, -0.05) is 12.1 Å². The van der Waals surface area contributed by atoms with E-state index in [-0.39, 0.29) is 18.7 Å². The largest absolute Gasteiger partial charge is 0.454 e. The number of benzene rings is 2. The van der Waals surface area contributed by atoms with E-state index in [4.69, 9.17) is 25.0 Å². The van der Waals surface area contributed by atoms with Gasteiger partial charge in [0.2, 0.25) is 6.79 Å². The van der Waals surface area contributed by atoms with Crippen LogP contribution in [-0.4, -0.2) is 67.2 Å². The number of morpholine rings is 1. The number of carbonyl (C=O) groups is 1. The van der Waals surface area contributed by atoms with Crippen LogP contribution in [0, 0.1) is 0 Å². The van der Waals surface area contributed by atoms with Crippen LogP contribution >= 0.6 is 0 Å². The highest BCUT2D eigenvalue weighted by atomic mass is 16.7. The molecule has 8 nitrogen and oxygen atoms in total. The van der Waals surface area contributed by atoms with Gasteiger partial charge < -0.3 is 19.9 Å². The molecule has 8 heteroatoms. The van der Waals surface area contributed by atoms with Crippen LogP contribution in [0.5, 0.6) is 11.5 Å². The van der Waals surface area contributed by atoms with E-state index in [1.807, 2.05) is 43.3 Å². The number of ether oxygens (including phenoxy) is 3. The zero-order chi connectivity index (χ0) is 21.4. The second-order valence-electron chi connectivity index (χ2n) is 8.11. The van der Waals surface area contributed by atoms with Gasteiger partial charge in [-0.3, -0.25) is 9.69 Å². The lowest BCUT2D eigenvalue weighted by molar-refractivity contribution is -0.135. The maximum atomic E-state index is 13.3. The zero-order valence-electron chi connectivity index (χ0n) is 17.5. The molecule has 1 atom stereocenters. The molecule has 1 unspecified atom stereocenters. The van der Waals surface area contributed by atoms with Crippen molar-refractivity contribution in [3.63, 3.8) is 0 Å². The minimum Gasteiger partial charge on any atom is -0.454 e. The minimum absolute atomic E-state index is 0.0183. The van der Waals surface area contributed by atoms with Crippen molar-refractivity contribution in [1.29, 1.82) is 0 Å². The number of nitrogens with zero attached hydrogens (tertiary/aromatic N) is 3. The molecule has 0 aromatic heterocycles. The van der Waals surface area contributed by atoms with Gasteiger partial charge in [0.25, 0.3) is 5.91 Å². The molecule has 1 amide bonds. The zero-order valence-corrected chi connectivity index (χ0v) is 17.5. The highest BCUT2D eigenvalue weighted by Crippen LogP contribution is 2.37. The molecule has 0 spiro atoms. The Kier molecular flexibility index (Phi) is 5.25. The number of hydrogen-bond donors (Lipinski definition) is 1. The molecule has 162 valence electrons. The molecule has 2 aromatic carbocycles. The van der Waals surface area contributed by atoms with Gasteiger partial charge in [0.05, 0.1) is 31.5 Å². The van der Waals surface area contributed by atoms with E-state index in [0.29, 0.717) is 37.6 Å². The fraction of sp³-hybridized carbons (Fsp3) is 0.391. The van der Waals surface area contributed by atoms with Crippen LogP contribution in [-0.2, 0) is 16.0 Å². The van der Waals surface area contributed by atoms with Crippen LogP contribution < -0.4 is 15.2 Å². The summed E-state index contributed by atoms with van der Waals surface area (Å²) in [5, 5.41) is 6.53. The van der Waals surface area contributed by atoms with Gasteiger partial charge in [0.15, 0.2) is 11.5 Å². The Balaban J connectivity index is 1.55. The summed E-state index contributed by atoms with van der Waals surface area (Å²) < 4.78 is 16.6. The first-order valence-electron chi connectivity index (χ1n) is 10.6. The molecule has 1 fully saturated rings. The smallest absolute Gasteiger partial charge is 0.257 e. The molecule has 31 heavy (non-hydrogen) atoms. The van der Waals surface area contributed by atoms with Crippen LogP contribution in [0.25, 0.3) is 0 Å². The van der Waals surface area contributed by atoms with Crippen molar-refractivity contribution in [3.05, 3.63) is 53.1 Å². The Labute approximate surface area is 181 Å².